The number of nitrogens with one attached hydrogen (secondary N) is 1. The standard InChI is InChI=1S/C19H19N3O5/c1-21-19(25)16-10-22(13-7-3-5-9-15(13)27-16)17(23)11-26-14-8-4-2-6-12(14)18(20)24/h2-9,16H,10-11H2,1H3,(H2,20,24)(H,21,25)/t16-/m0/s1. The average Bonchev–Trinajstić information content (AvgIpc) is 2.70. The van der Waals surface area contributed by atoms with E-state index in [0.29, 0.717) is 11.4 Å². The number of primary amides is 1. The maximum atomic E-state index is 12.8. The number of para-hydroxylation sites is 3. The van der Waals surface area contributed by atoms with Gasteiger partial charge in [-0.05, 0) is 24.3 Å². The van der Waals surface area contributed by atoms with E-state index >= 15 is 0 Å². The zero-order chi connectivity index (χ0) is 19.4. The van der Waals surface area contributed by atoms with E-state index in [1.807, 2.05) is 0 Å². The van der Waals surface area contributed by atoms with Crippen LogP contribution < -0.4 is 25.4 Å². The molecular weight excluding hydrogens is 350 g/mol. The molecule has 0 unspecified atom stereocenters. The fourth-order valence-electron chi connectivity index (χ4n) is 2.78. The van der Waals surface area contributed by atoms with Crippen molar-refractivity contribution in [2.75, 3.05) is 25.1 Å². The normalized spacial score (nSPS) is 15.3. The van der Waals surface area contributed by atoms with Crippen LogP contribution in [0.3, 0.4) is 0 Å². The van der Waals surface area contributed by atoms with Crippen LogP contribution in [0.2, 0.25) is 0 Å². The Hall–Kier alpha value is -3.55. The quantitative estimate of drug-likeness (QED) is 0.806. The van der Waals surface area contributed by atoms with Gasteiger partial charge in [0.25, 0.3) is 17.7 Å². The molecule has 1 aliphatic rings. The van der Waals surface area contributed by atoms with Gasteiger partial charge >= 0.3 is 0 Å². The summed E-state index contributed by atoms with van der Waals surface area (Å²) >= 11 is 0. The molecule has 3 amide bonds. The van der Waals surface area contributed by atoms with E-state index in [0.717, 1.165) is 0 Å². The molecule has 140 valence electrons. The number of ether oxygens (including phenoxy) is 2. The first-order chi connectivity index (χ1) is 13.0. The van der Waals surface area contributed by atoms with Crippen LogP contribution >= 0.6 is 0 Å². The molecule has 0 saturated carbocycles. The topological polar surface area (TPSA) is 111 Å². The van der Waals surface area contributed by atoms with E-state index in [-0.39, 0.29) is 36.3 Å². The van der Waals surface area contributed by atoms with Gasteiger partial charge in [0.1, 0.15) is 11.5 Å². The predicted molar refractivity (Wildman–Crippen MR) is 97.7 cm³/mol. The van der Waals surface area contributed by atoms with Crippen molar-refractivity contribution in [3.8, 4) is 11.5 Å². The number of fused-ring (bicyclic) bond motifs is 1. The number of rotatable bonds is 5. The van der Waals surface area contributed by atoms with Gasteiger partial charge in [0, 0.05) is 7.05 Å². The van der Waals surface area contributed by atoms with Crippen molar-refractivity contribution in [1.29, 1.82) is 0 Å². The zero-order valence-corrected chi connectivity index (χ0v) is 14.7. The molecule has 0 spiro atoms. The number of hydrogen-bond donors (Lipinski definition) is 2. The number of carbonyl (C=O) groups is 3. The minimum Gasteiger partial charge on any atom is -0.483 e. The Labute approximate surface area is 155 Å². The van der Waals surface area contributed by atoms with Crippen LogP contribution in [0, 0.1) is 0 Å². The number of nitrogens with zero attached hydrogens (tertiary/aromatic N) is 1. The van der Waals surface area contributed by atoms with Crippen LogP contribution in [0.25, 0.3) is 0 Å². The van der Waals surface area contributed by atoms with Gasteiger partial charge in [0.15, 0.2) is 12.7 Å². The first-order valence-electron chi connectivity index (χ1n) is 8.30. The third-order valence-corrected chi connectivity index (χ3v) is 4.12. The number of nitrogens with two attached hydrogens (primary N) is 1. The minimum atomic E-state index is -0.827. The van der Waals surface area contributed by atoms with Gasteiger partial charge in [0.2, 0.25) is 0 Å². The molecule has 0 bridgehead atoms. The number of amides is 3. The van der Waals surface area contributed by atoms with Crippen molar-refractivity contribution in [3.05, 3.63) is 54.1 Å². The highest BCUT2D eigenvalue weighted by Gasteiger charge is 2.33. The molecule has 8 nitrogen and oxygen atoms in total. The lowest BCUT2D eigenvalue weighted by atomic mass is 10.1. The van der Waals surface area contributed by atoms with Gasteiger partial charge < -0.3 is 25.4 Å². The van der Waals surface area contributed by atoms with Gasteiger partial charge in [-0.2, -0.15) is 0 Å². The highest BCUT2D eigenvalue weighted by molar-refractivity contribution is 5.99. The molecule has 1 aliphatic heterocycles. The van der Waals surface area contributed by atoms with Crippen molar-refractivity contribution < 1.29 is 23.9 Å². The van der Waals surface area contributed by atoms with Gasteiger partial charge in [-0.1, -0.05) is 24.3 Å². The first kappa shape index (κ1) is 18.2. The first-order valence-corrected chi connectivity index (χ1v) is 8.30. The Kier molecular flexibility index (Phi) is 5.25. The molecule has 0 fully saturated rings. The molecule has 8 heteroatoms. The predicted octanol–water partition coefficient (Wildman–Crippen LogP) is 0.705. The third-order valence-electron chi connectivity index (χ3n) is 4.12. The van der Waals surface area contributed by atoms with Gasteiger partial charge in [0.05, 0.1) is 17.8 Å². The Morgan fingerprint density at radius 2 is 1.89 bits per heavy atom. The summed E-state index contributed by atoms with van der Waals surface area (Å²) in [6, 6.07) is 13.4. The van der Waals surface area contributed by atoms with E-state index in [1.165, 1.54) is 18.0 Å². The summed E-state index contributed by atoms with van der Waals surface area (Å²) in [4.78, 5) is 37.7. The second-order valence-electron chi connectivity index (χ2n) is 5.84. The molecule has 0 saturated heterocycles. The monoisotopic (exact) mass is 369 g/mol. The fourth-order valence-corrected chi connectivity index (χ4v) is 2.78. The molecule has 0 aromatic heterocycles. The van der Waals surface area contributed by atoms with Crippen LogP contribution in [0.15, 0.2) is 48.5 Å². The second kappa shape index (κ2) is 7.77. The SMILES string of the molecule is CNC(=O)[C@@H]1CN(C(=O)COc2ccccc2C(N)=O)c2ccccc2O1. The molecule has 3 rings (SSSR count). The number of anilines is 1. The molecule has 0 aliphatic carbocycles. The smallest absolute Gasteiger partial charge is 0.265 e. The van der Waals surface area contributed by atoms with Crippen LogP contribution in [0.5, 0.6) is 11.5 Å². The van der Waals surface area contributed by atoms with Crippen LogP contribution in [-0.4, -0.2) is 44.0 Å². The van der Waals surface area contributed by atoms with E-state index in [1.54, 1.807) is 42.5 Å². The van der Waals surface area contributed by atoms with Crippen molar-refractivity contribution >= 4 is 23.4 Å². The summed E-state index contributed by atoms with van der Waals surface area (Å²) in [6.45, 7) is -0.268. The average molecular weight is 369 g/mol. The Bertz CT molecular complexity index is 883. The summed E-state index contributed by atoms with van der Waals surface area (Å²) in [5.41, 5.74) is 6.06. The van der Waals surface area contributed by atoms with E-state index in [4.69, 9.17) is 15.2 Å². The Morgan fingerprint density at radius 3 is 2.63 bits per heavy atom. The maximum absolute atomic E-state index is 12.8. The van der Waals surface area contributed by atoms with Crippen LogP contribution in [-0.2, 0) is 9.59 Å². The van der Waals surface area contributed by atoms with E-state index < -0.39 is 12.0 Å². The van der Waals surface area contributed by atoms with Crippen molar-refractivity contribution in [2.45, 2.75) is 6.10 Å². The van der Waals surface area contributed by atoms with E-state index in [2.05, 4.69) is 5.32 Å². The maximum Gasteiger partial charge on any atom is 0.265 e. The fraction of sp³-hybridized carbons (Fsp3) is 0.211. The highest BCUT2D eigenvalue weighted by Crippen LogP contribution is 2.33. The van der Waals surface area contributed by atoms with Crippen molar-refractivity contribution in [3.63, 3.8) is 0 Å². The highest BCUT2D eigenvalue weighted by atomic mass is 16.5. The lowest BCUT2D eigenvalue weighted by Gasteiger charge is -2.33. The Balaban J connectivity index is 1.79. The van der Waals surface area contributed by atoms with Gasteiger partial charge in [-0.3, -0.25) is 14.4 Å². The number of carbonyl (C=O) groups excluding carboxylic acids is 3. The third kappa shape index (κ3) is 3.84. The summed E-state index contributed by atoms with van der Waals surface area (Å²) in [6.07, 6.45) is -0.827. The number of hydrogen-bond acceptors (Lipinski definition) is 5. The minimum absolute atomic E-state index is 0.0519. The lowest BCUT2D eigenvalue weighted by molar-refractivity contribution is -0.128. The molecule has 1 atom stereocenters. The van der Waals surface area contributed by atoms with Crippen LogP contribution in [0.4, 0.5) is 5.69 Å². The molecule has 0 radical (unpaired) electrons. The summed E-state index contributed by atoms with van der Waals surface area (Å²) in [7, 11) is 1.50. The lowest BCUT2D eigenvalue weighted by Crippen LogP contribution is -2.51. The summed E-state index contributed by atoms with van der Waals surface area (Å²) < 4.78 is 11.2. The van der Waals surface area contributed by atoms with Crippen molar-refractivity contribution in [2.24, 2.45) is 5.73 Å². The van der Waals surface area contributed by atoms with Crippen molar-refractivity contribution in [1.82, 2.24) is 5.32 Å². The summed E-state index contributed by atoms with van der Waals surface area (Å²) in [5, 5.41) is 2.52. The van der Waals surface area contributed by atoms with Gasteiger partial charge in [-0.15, -0.1) is 0 Å². The number of benzene rings is 2. The largest absolute Gasteiger partial charge is 0.483 e. The molecule has 2 aromatic carbocycles. The molecule has 1 heterocycles. The summed E-state index contributed by atoms with van der Waals surface area (Å²) in [5.74, 6) is -0.693. The number of likely N-dealkylation sites (N-methyl/N-ethyl adjacent to an activating group) is 1. The molecule has 3 N–H and O–H groups in total. The Morgan fingerprint density at radius 1 is 1.19 bits per heavy atom. The van der Waals surface area contributed by atoms with E-state index in [9.17, 15) is 14.4 Å². The zero-order valence-electron chi connectivity index (χ0n) is 14.7. The van der Waals surface area contributed by atoms with Gasteiger partial charge in [-0.25, -0.2) is 0 Å². The van der Waals surface area contributed by atoms with Crippen LogP contribution in [0.1, 0.15) is 10.4 Å². The molecule has 27 heavy (non-hydrogen) atoms. The second-order valence-corrected chi connectivity index (χ2v) is 5.84. The molecular formula is C19H19N3O5. The molecule has 2 aromatic rings.